The molecule has 3 aromatic rings. The number of anilines is 2. The average molecular weight is 592 g/mol. The number of likely N-dealkylation sites (tertiary alicyclic amines) is 1. The molecule has 0 saturated carbocycles. The molecule has 2 saturated heterocycles. The van der Waals surface area contributed by atoms with Crippen LogP contribution < -0.4 is 10.2 Å². The van der Waals surface area contributed by atoms with Gasteiger partial charge in [-0.15, -0.1) is 5.10 Å². The number of tetrazole rings is 1. The lowest BCUT2D eigenvalue weighted by Gasteiger charge is -2.37. The number of hydrogen-bond donors (Lipinski definition) is 2. The van der Waals surface area contributed by atoms with Crippen LogP contribution in [0.3, 0.4) is 0 Å². The van der Waals surface area contributed by atoms with Crippen molar-refractivity contribution in [1.82, 2.24) is 30.0 Å². The summed E-state index contributed by atoms with van der Waals surface area (Å²) in [5, 5.41) is 33.2. The molecule has 0 radical (unpaired) electrons. The molecule has 2 aromatic carbocycles. The highest BCUT2D eigenvalue weighted by Gasteiger charge is 2.40. The third kappa shape index (κ3) is 6.01. The highest BCUT2D eigenvalue weighted by atomic mass is 35.5. The summed E-state index contributed by atoms with van der Waals surface area (Å²) < 4.78 is 1.33. The SMILES string of the molecule is N#CC1CCN(C(=O)Nc2ccc(CC(C(=O)O)N3CCN(c4cc(Cl)ccc4-n4cnnn4)C(=O)C3=O)cc2)CC1. The minimum Gasteiger partial charge on any atom is -0.480 e. The second kappa shape index (κ2) is 12.2. The first kappa shape index (κ1) is 28.5. The normalized spacial score (nSPS) is 16.7. The fourth-order valence-corrected chi connectivity index (χ4v) is 5.21. The van der Waals surface area contributed by atoms with Crippen LogP contribution in [0.1, 0.15) is 18.4 Å². The van der Waals surface area contributed by atoms with Crippen molar-refractivity contribution < 1.29 is 24.3 Å². The zero-order chi connectivity index (χ0) is 29.8. The lowest BCUT2D eigenvalue weighted by molar-refractivity contribution is -0.155. The second-order valence-corrected chi connectivity index (χ2v) is 10.4. The van der Waals surface area contributed by atoms with Crippen molar-refractivity contribution in [3.05, 3.63) is 59.4 Å². The number of urea groups is 1. The molecule has 3 heterocycles. The number of nitrogens with one attached hydrogen (secondary N) is 1. The number of piperidine rings is 1. The number of piperazine rings is 1. The van der Waals surface area contributed by atoms with Crippen molar-refractivity contribution in [3.63, 3.8) is 0 Å². The van der Waals surface area contributed by atoms with Gasteiger partial charge in [-0.2, -0.15) is 9.94 Å². The Balaban J connectivity index is 1.25. The van der Waals surface area contributed by atoms with Crippen molar-refractivity contribution >= 4 is 46.8 Å². The Morgan fingerprint density at radius 2 is 1.79 bits per heavy atom. The number of carboxylic acid groups (broad SMARTS) is 1. The summed E-state index contributed by atoms with van der Waals surface area (Å²) in [6, 6.07) is 12.0. The molecule has 2 fully saturated rings. The third-order valence-corrected chi connectivity index (χ3v) is 7.57. The van der Waals surface area contributed by atoms with Crippen LogP contribution >= 0.6 is 11.6 Å². The Morgan fingerprint density at radius 1 is 1.05 bits per heavy atom. The van der Waals surface area contributed by atoms with E-state index in [1.54, 1.807) is 41.3 Å². The Bertz CT molecular complexity index is 1530. The van der Waals surface area contributed by atoms with Gasteiger partial charge in [0.1, 0.15) is 12.4 Å². The summed E-state index contributed by atoms with van der Waals surface area (Å²) in [7, 11) is 0. The molecule has 0 bridgehead atoms. The zero-order valence-electron chi connectivity index (χ0n) is 22.3. The summed E-state index contributed by atoms with van der Waals surface area (Å²) in [6.07, 6.45) is 2.56. The summed E-state index contributed by atoms with van der Waals surface area (Å²) >= 11 is 6.17. The molecule has 2 N–H and O–H groups in total. The lowest BCUT2D eigenvalue weighted by atomic mass is 9.99. The summed E-state index contributed by atoms with van der Waals surface area (Å²) in [5.74, 6) is -3.15. The number of aromatic nitrogens is 4. The van der Waals surface area contributed by atoms with Crippen LogP contribution in [0.15, 0.2) is 48.8 Å². The third-order valence-electron chi connectivity index (χ3n) is 7.34. The Kier molecular flexibility index (Phi) is 8.30. The van der Waals surface area contributed by atoms with Crippen molar-refractivity contribution in [2.45, 2.75) is 25.3 Å². The predicted octanol–water partition coefficient (Wildman–Crippen LogP) is 1.95. The Hall–Kier alpha value is -5.03. The molecular weight excluding hydrogens is 566 g/mol. The van der Waals surface area contributed by atoms with E-state index < -0.39 is 23.8 Å². The van der Waals surface area contributed by atoms with Crippen molar-refractivity contribution in [2.75, 3.05) is 36.4 Å². The van der Waals surface area contributed by atoms with E-state index >= 15 is 0 Å². The molecular formula is C27H26ClN9O5. The van der Waals surface area contributed by atoms with Gasteiger partial charge in [-0.3, -0.25) is 9.59 Å². The largest absolute Gasteiger partial charge is 0.480 e. The van der Waals surface area contributed by atoms with Gasteiger partial charge in [0.05, 0.1) is 17.4 Å². The second-order valence-electron chi connectivity index (χ2n) is 9.92. The first-order valence-electron chi connectivity index (χ1n) is 13.2. The molecule has 42 heavy (non-hydrogen) atoms. The zero-order valence-corrected chi connectivity index (χ0v) is 23.0. The maximum Gasteiger partial charge on any atom is 0.326 e. The van der Waals surface area contributed by atoms with E-state index in [4.69, 9.17) is 16.9 Å². The number of carboxylic acids is 1. The van der Waals surface area contributed by atoms with Crippen LogP contribution in [-0.2, 0) is 20.8 Å². The van der Waals surface area contributed by atoms with Gasteiger partial charge in [0, 0.05) is 49.2 Å². The van der Waals surface area contributed by atoms with Crippen LogP contribution in [0.2, 0.25) is 5.02 Å². The average Bonchev–Trinajstić information content (AvgIpc) is 3.53. The standard InChI is InChI=1S/C27H26ClN9O5/c28-19-3-6-21(37-16-30-32-33-37)22(14-19)35-11-12-36(25(39)24(35)38)23(26(40)41)13-17-1-4-20(5-2-17)31-27(42)34-9-7-18(15-29)8-10-34/h1-6,14,16,18,23H,7-13H2,(H,31,42)(H,40,41). The van der Waals surface area contributed by atoms with Crippen LogP contribution in [0, 0.1) is 17.2 Å². The van der Waals surface area contributed by atoms with E-state index in [0.717, 1.165) is 4.90 Å². The number of aliphatic carboxylic acids is 1. The quantitative estimate of drug-likeness (QED) is 0.389. The number of amides is 4. The van der Waals surface area contributed by atoms with E-state index in [-0.39, 0.29) is 31.5 Å². The van der Waals surface area contributed by atoms with Gasteiger partial charge in [0.15, 0.2) is 0 Å². The number of hydrogen-bond acceptors (Lipinski definition) is 8. The lowest BCUT2D eigenvalue weighted by Crippen LogP contribution is -2.59. The van der Waals surface area contributed by atoms with Crippen molar-refractivity contribution in [2.24, 2.45) is 5.92 Å². The predicted molar refractivity (Wildman–Crippen MR) is 149 cm³/mol. The number of rotatable bonds is 7. The number of carbonyl (C=O) groups is 4. The molecule has 5 rings (SSSR count). The maximum absolute atomic E-state index is 13.2. The van der Waals surface area contributed by atoms with E-state index in [2.05, 4.69) is 26.9 Å². The first-order chi connectivity index (χ1) is 20.2. The Morgan fingerprint density at radius 3 is 2.43 bits per heavy atom. The first-order valence-corrected chi connectivity index (χ1v) is 13.6. The van der Waals surface area contributed by atoms with Crippen molar-refractivity contribution in [1.29, 1.82) is 5.26 Å². The van der Waals surface area contributed by atoms with E-state index in [1.165, 1.54) is 22.0 Å². The number of carbonyl (C=O) groups excluding carboxylic acids is 3. The molecule has 15 heteroatoms. The molecule has 2 aliphatic heterocycles. The molecule has 1 unspecified atom stereocenters. The molecule has 0 spiro atoms. The summed E-state index contributed by atoms with van der Waals surface area (Å²) in [6.45, 7) is 0.998. The van der Waals surface area contributed by atoms with Crippen LogP contribution in [0.25, 0.3) is 5.69 Å². The number of nitriles is 1. The Labute approximate surface area is 245 Å². The molecule has 2 aliphatic rings. The van der Waals surface area contributed by atoms with Gasteiger partial charge in [-0.05, 0) is 59.2 Å². The molecule has 1 aromatic heterocycles. The summed E-state index contributed by atoms with van der Waals surface area (Å²) in [4.78, 5) is 55.2. The summed E-state index contributed by atoms with van der Waals surface area (Å²) in [5.41, 5.74) is 1.87. The van der Waals surface area contributed by atoms with Gasteiger partial charge in [-0.1, -0.05) is 23.7 Å². The number of nitrogens with zero attached hydrogens (tertiary/aromatic N) is 8. The fourth-order valence-electron chi connectivity index (χ4n) is 5.05. The molecule has 14 nitrogen and oxygen atoms in total. The molecule has 1 atom stereocenters. The number of halogens is 1. The van der Waals surface area contributed by atoms with Gasteiger partial charge >= 0.3 is 23.8 Å². The van der Waals surface area contributed by atoms with Crippen LogP contribution in [-0.4, -0.2) is 91.1 Å². The smallest absolute Gasteiger partial charge is 0.326 e. The number of benzene rings is 2. The highest BCUT2D eigenvalue weighted by Crippen LogP contribution is 2.30. The topological polar surface area (TPSA) is 178 Å². The molecule has 4 amide bonds. The van der Waals surface area contributed by atoms with Crippen molar-refractivity contribution in [3.8, 4) is 11.8 Å². The minimum atomic E-state index is -1.29. The van der Waals surface area contributed by atoms with Gasteiger partial charge < -0.3 is 25.1 Å². The fraction of sp³-hybridized carbons (Fsp3) is 0.333. The molecule has 0 aliphatic carbocycles. The monoisotopic (exact) mass is 591 g/mol. The van der Waals surface area contributed by atoms with Gasteiger partial charge in [0.25, 0.3) is 0 Å². The van der Waals surface area contributed by atoms with E-state index in [0.29, 0.717) is 53.6 Å². The minimum absolute atomic E-state index is 0.0280. The van der Waals surface area contributed by atoms with E-state index in [9.17, 15) is 24.3 Å². The van der Waals surface area contributed by atoms with Gasteiger partial charge in [0.2, 0.25) is 0 Å². The highest BCUT2D eigenvalue weighted by molar-refractivity contribution is 6.41. The van der Waals surface area contributed by atoms with Crippen LogP contribution in [0.4, 0.5) is 16.2 Å². The van der Waals surface area contributed by atoms with Crippen LogP contribution in [0.5, 0.6) is 0 Å². The van der Waals surface area contributed by atoms with E-state index in [1.807, 2.05) is 0 Å². The van der Waals surface area contributed by atoms with Gasteiger partial charge in [-0.25, -0.2) is 9.59 Å². The maximum atomic E-state index is 13.2. The molecule has 216 valence electrons.